The summed E-state index contributed by atoms with van der Waals surface area (Å²) < 4.78 is 5.97. The molecule has 3 aromatic rings. The molecule has 46 heavy (non-hydrogen) atoms. The van der Waals surface area contributed by atoms with Crippen LogP contribution < -0.4 is 21.3 Å². The third-order valence-corrected chi connectivity index (χ3v) is 8.41. The van der Waals surface area contributed by atoms with Gasteiger partial charge in [-0.2, -0.15) is 0 Å². The topological polar surface area (TPSA) is 176 Å². The first-order valence-corrected chi connectivity index (χ1v) is 16.3. The van der Waals surface area contributed by atoms with Crippen LogP contribution in [0.2, 0.25) is 0 Å². The van der Waals surface area contributed by atoms with E-state index < -0.39 is 23.9 Å². The number of oxazole rings is 1. The quantitative estimate of drug-likeness (QED) is 0.315. The second-order valence-electron chi connectivity index (χ2n) is 11.5. The lowest BCUT2D eigenvalue weighted by Gasteiger charge is -2.23. The molecule has 2 aromatic heterocycles. The number of thiazole rings is 1. The minimum Gasteiger partial charge on any atom is -0.443 e. The molecule has 4 bridgehead atoms. The van der Waals surface area contributed by atoms with Crippen molar-refractivity contribution < 1.29 is 28.4 Å². The van der Waals surface area contributed by atoms with E-state index in [1.54, 1.807) is 17.2 Å². The minimum absolute atomic E-state index is 0.0577. The first-order chi connectivity index (χ1) is 22.0. The van der Waals surface area contributed by atoms with Gasteiger partial charge in [-0.1, -0.05) is 44.2 Å². The van der Waals surface area contributed by atoms with Gasteiger partial charge >= 0.3 is 0 Å². The predicted molar refractivity (Wildman–Crippen MR) is 171 cm³/mol. The molecule has 2 atom stereocenters. The Hall–Kier alpha value is -4.59. The number of carbonyl (C=O) groups is 5. The lowest BCUT2D eigenvalue weighted by atomic mass is 10.0. The van der Waals surface area contributed by atoms with Crippen molar-refractivity contribution in [1.82, 2.24) is 36.1 Å². The number of nitrogens with one attached hydrogen (secondary N) is 4. The fraction of sp³-hybridized carbons (Fsp3) is 0.469. The molecule has 0 aliphatic carbocycles. The number of hydrogen-bond donors (Lipinski definition) is 4. The molecule has 0 unspecified atom stereocenters. The van der Waals surface area contributed by atoms with E-state index in [0.29, 0.717) is 23.6 Å². The fourth-order valence-corrected chi connectivity index (χ4v) is 6.06. The highest BCUT2D eigenvalue weighted by Crippen LogP contribution is 2.27. The van der Waals surface area contributed by atoms with Gasteiger partial charge < -0.3 is 30.6 Å². The maximum absolute atomic E-state index is 13.5. The molecule has 0 spiro atoms. The van der Waals surface area contributed by atoms with Crippen LogP contribution in [0.15, 0.2) is 40.1 Å². The number of benzene rings is 1. The van der Waals surface area contributed by atoms with Crippen molar-refractivity contribution in [2.24, 2.45) is 5.92 Å². The Bertz CT molecular complexity index is 1540. The van der Waals surface area contributed by atoms with Gasteiger partial charge in [-0.3, -0.25) is 24.0 Å². The van der Waals surface area contributed by atoms with Gasteiger partial charge in [0.2, 0.25) is 23.6 Å². The Labute approximate surface area is 271 Å². The Balaban J connectivity index is 1.62. The van der Waals surface area contributed by atoms with E-state index in [1.807, 2.05) is 44.2 Å². The lowest BCUT2D eigenvalue weighted by Crippen LogP contribution is -2.41. The van der Waals surface area contributed by atoms with Crippen molar-refractivity contribution in [1.29, 1.82) is 0 Å². The summed E-state index contributed by atoms with van der Waals surface area (Å²) >= 11 is 1.27. The normalized spacial score (nSPS) is 18.4. The molecule has 4 rings (SSSR count). The average Bonchev–Trinajstić information content (AvgIpc) is 3.65. The molecule has 14 heteroatoms. The highest BCUT2D eigenvalue weighted by atomic mass is 32.1. The molecular weight excluding hydrogens is 610 g/mol. The third-order valence-electron chi connectivity index (χ3n) is 7.48. The molecule has 0 radical (unpaired) electrons. The Morgan fingerprint density at radius 3 is 2.57 bits per heavy atom. The number of nitrogens with zero attached hydrogens (tertiary/aromatic N) is 3. The number of aromatic nitrogens is 2. The van der Waals surface area contributed by atoms with Gasteiger partial charge in [-0.05, 0) is 24.8 Å². The maximum atomic E-state index is 13.5. The lowest BCUT2D eigenvalue weighted by molar-refractivity contribution is -0.132. The van der Waals surface area contributed by atoms with E-state index in [2.05, 4.69) is 31.2 Å². The summed E-state index contributed by atoms with van der Waals surface area (Å²) in [6.07, 6.45) is 0.936. The Morgan fingerprint density at radius 1 is 1.09 bits per heavy atom. The van der Waals surface area contributed by atoms with Crippen LogP contribution in [0.5, 0.6) is 0 Å². The van der Waals surface area contributed by atoms with E-state index in [1.165, 1.54) is 18.3 Å². The summed E-state index contributed by atoms with van der Waals surface area (Å²) in [6, 6.07) is 8.43. The standard InChI is InChI=1S/C32H41N7O6S/c1-19(2)27-32-36-24(18-46-32)29(43)34-14-16-39(26(42)12-13-33-21(4)40)15-8-11-25(41)35-23(17-22-9-6-5-7-10-22)31-38-28(20(3)45-31)30(44)37-27/h5-7,9-10,18-19,23,27H,8,11-17H2,1-4H3,(H,33,40)(H,34,43)(H,35,41)(H,37,44)/t23-,27-/m0/s1. The number of amides is 5. The van der Waals surface area contributed by atoms with Crippen LogP contribution >= 0.6 is 11.3 Å². The largest absolute Gasteiger partial charge is 0.443 e. The molecular formula is C32H41N7O6S. The zero-order valence-corrected chi connectivity index (χ0v) is 27.4. The summed E-state index contributed by atoms with van der Waals surface area (Å²) in [6.45, 7) is 7.74. The van der Waals surface area contributed by atoms with E-state index in [9.17, 15) is 24.0 Å². The second kappa shape index (κ2) is 16.1. The molecule has 13 nitrogen and oxygen atoms in total. The van der Waals surface area contributed by atoms with Gasteiger partial charge in [-0.25, -0.2) is 9.97 Å². The van der Waals surface area contributed by atoms with Gasteiger partial charge in [0.25, 0.3) is 11.8 Å². The molecule has 1 aliphatic rings. The molecule has 1 aliphatic heterocycles. The van der Waals surface area contributed by atoms with Crippen molar-refractivity contribution in [3.05, 3.63) is 69.3 Å². The number of hydrogen-bond acceptors (Lipinski definition) is 9. The fourth-order valence-electron chi connectivity index (χ4n) is 5.04. The van der Waals surface area contributed by atoms with E-state index in [4.69, 9.17) is 4.42 Å². The monoisotopic (exact) mass is 651 g/mol. The maximum Gasteiger partial charge on any atom is 0.274 e. The number of fused-ring (bicyclic) bond motifs is 4. The molecule has 246 valence electrons. The smallest absolute Gasteiger partial charge is 0.274 e. The zero-order chi connectivity index (χ0) is 33.2. The van der Waals surface area contributed by atoms with Crippen molar-refractivity contribution in [2.75, 3.05) is 26.2 Å². The SMILES string of the molecule is CC(=O)NCCC(=O)N1CCCC(=O)N[C@@H](Cc2ccccc2)c2nc(c(C)o2)C(=O)N[C@@H](C(C)C)c2nc(cs2)C(=O)NCC1. The van der Waals surface area contributed by atoms with Gasteiger partial charge in [0.15, 0.2) is 5.69 Å². The van der Waals surface area contributed by atoms with Crippen molar-refractivity contribution in [2.45, 2.75) is 65.5 Å². The van der Waals surface area contributed by atoms with Crippen LogP contribution in [0.3, 0.4) is 0 Å². The van der Waals surface area contributed by atoms with Gasteiger partial charge in [0.05, 0.1) is 6.04 Å². The molecule has 0 saturated carbocycles. The number of aryl methyl sites for hydroxylation is 1. The van der Waals surface area contributed by atoms with Crippen molar-refractivity contribution >= 4 is 40.9 Å². The summed E-state index contributed by atoms with van der Waals surface area (Å²) in [5.41, 5.74) is 1.25. The Morgan fingerprint density at radius 2 is 1.85 bits per heavy atom. The summed E-state index contributed by atoms with van der Waals surface area (Å²) in [5, 5.41) is 13.6. The molecule has 0 fully saturated rings. The zero-order valence-electron chi connectivity index (χ0n) is 26.6. The summed E-state index contributed by atoms with van der Waals surface area (Å²) in [7, 11) is 0. The van der Waals surface area contributed by atoms with Crippen LogP contribution in [0, 0.1) is 12.8 Å². The van der Waals surface area contributed by atoms with Crippen molar-refractivity contribution in [3.8, 4) is 0 Å². The molecule has 5 amide bonds. The molecule has 0 saturated heterocycles. The van der Waals surface area contributed by atoms with E-state index in [-0.39, 0.29) is 79.9 Å². The average molecular weight is 652 g/mol. The second-order valence-corrected chi connectivity index (χ2v) is 12.4. The van der Waals surface area contributed by atoms with Crippen LogP contribution in [0.1, 0.15) is 95.3 Å². The van der Waals surface area contributed by atoms with Crippen molar-refractivity contribution in [3.63, 3.8) is 0 Å². The number of rotatable bonds is 6. The van der Waals surface area contributed by atoms with Crippen LogP contribution in [-0.2, 0) is 20.8 Å². The molecule has 1 aromatic carbocycles. The van der Waals surface area contributed by atoms with E-state index in [0.717, 1.165) is 5.56 Å². The minimum atomic E-state index is -0.645. The Kier molecular flexibility index (Phi) is 12.0. The highest BCUT2D eigenvalue weighted by molar-refractivity contribution is 7.09. The first-order valence-electron chi connectivity index (χ1n) is 15.4. The van der Waals surface area contributed by atoms with Gasteiger partial charge in [0.1, 0.15) is 22.5 Å². The third kappa shape index (κ3) is 9.46. The number of carbonyl (C=O) groups excluding carboxylic acids is 5. The summed E-state index contributed by atoms with van der Waals surface area (Å²) in [4.78, 5) is 74.5. The van der Waals surface area contributed by atoms with E-state index >= 15 is 0 Å². The summed E-state index contributed by atoms with van der Waals surface area (Å²) in [5.74, 6) is -1.11. The van der Waals surface area contributed by atoms with Gasteiger partial charge in [0, 0.05) is 57.7 Å². The van der Waals surface area contributed by atoms with Crippen LogP contribution in [-0.4, -0.2) is 70.6 Å². The highest BCUT2D eigenvalue weighted by Gasteiger charge is 2.29. The van der Waals surface area contributed by atoms with Gasteiger partial charge in [-0.15, -0.1) is 11.3 Å². The van der Waals surface area contributed by atoms with Crippen LogP contribution in [0.4, 0.5) is 0 Å². The predicted octanol–water partition coefficient (Wildman–Crippen LogP) is 2.85. The molecule has 4 N–H and O–H groups in total. The molecule has 3 heterocycles. The first kappa shape index (κ1) is 34.3. The van der Waals surface area contributed by atoms with Crippen LogP contribution in [0.25, 0.3) is 0 Å².